The smallest absolute Gasteiger partial charge is 0.0831 e. The van der Waals surface area contributed by atoms with Crippen molar-refractivity contribution in [1.29, 1.82) is 0 Å². The minimum Gasteiger partial charge on any atom is -0.372 e. The van der Waals surface area contributed by atoms with Gasteiger partial charge in [0.2, 0.25) is 0 Å². The molecule has 1 unspecified atom stereocenters. The van der Waals surface area contributed by atoms with Crippen LogP contribution in [-0.4, -0.2) is 42.8 Å². The Bertz CT molecular complexity index is 388. The first-order valence-electron chi connectivity index (χ1n) is 7.39. The zero-order valence-corrected chi connectivity index (χ0v) is 11.8. The van der Waals surface area contributed by atoms with Crippen molar-refractivity contribution >= 4 is 0 Å². The number of rotatable bonds is 2. The van der Waals surface area contributed by atoms with Gasteiger partial charge in [0.1, 0.15) is 0 Å². The summed E-state index contributed by atoms with van der Waals surface area (Å²) in [6.07, 6.45) is 2.30. The molecule has 19 heavy (non-hydrogen) atoms. The molecule has 3 rings (SSSR count). The molecule has 104 valence electrons. The second-order valence-corrected chi connectivity index (χ2v) is 6.04. The van der Waals surface area contributed by atoms with Crippen LogP contribution in [0.2, 0.25) is 0 Å². The van der Waals surface area contributed by atoms with E-state index >= 15 is 0 Å². The van der Waals surface area contributed by atoms with Crippen molar-refractivity contribution in [2.24, 2.45) is 0 Å². The average molecular weight is 260 g/mol. The summed E-state index contributed by atoms with van der Waals surface area (Å²) < 4.78 is 6.13. The number of nitrogens with zero attached hydrogens (tertiary/aromatic N) is 1. The number of ether oxygens (including phenoxy) is 1. The summed E-state index contributed by atoms with van der Waals surface area (Å²) in [5, 5.41) is 3.56. The van der Waals surface area contributed by atoms with E-state index in [1.165, 1.54) is 5.56 Å². The van der Waals surface area contributed by atoms with Crippen molar-refractivity contribution in [3.05, 3.63) is 35.9 Å². The number of morpholine rings is 1. The van der Waals surface area contributed by atoms with Crippen LogP contribution in [0.1, 0.15) is 25.3 Å². The van der Waals surface area contributed by atoms with Gasteiger partial charge in [-0.2, -0.15) is 0 Å². The molecule has 2 fully saturated rings. The third-order valence-electron chi connectivity index (χ3n) is 4.43. The van der Waals surface area contributed by atoms with Crippen LogP contribution in [0.3, 0.4) is 0 Å². The third-order valence-corrected chi connectivity index (χ3v) is 4.43. The van der Waals surface area contributed by atoms with Crippen LogP contribution >= 0.6 is 0 Å². The van der Waals surface area contributed by atoms with Crippen molar-refractivity contribution in [2.75, 3.05) is 26.2 Å². The molecular formula is C16H24N2O. The molecule has 1 aromatic carbocycles. The summed E-state index contributed by atoms with van der Waals surface area (Å²) in [6, 6.07) is 11.3. The van der Waals surface area contributed by atoms with Crippen molar-refractivity contribution in [3.8, 4) is 0 Å². The summed E-state index contributed by atoms with van der Waals surface area (Å²) in [6.45, 7) is 7.43. The van der Waals surface area contributed by atoms with E-state index in [-0.39, 0.29) is 5.60 Å². The van der Waals surface area contributed by atoms with E-state index in [4.69, 9.17) is 4.74 Å². The summed E-state index contributed by atoms with van der Waals surface area (Å²) in [5.41, 5.74) is 1.52. The molecule has 2 saturated heterocycles. The fourth-order valence-electron chi connectivity index (χ4n) is 3.05. The fraction of sp³-hybridized carbons (Fsp3) is 0.625. The van der Waals surface area contributed by atoms with E-state index in [0.29, 0.717) is 6.04 Å². The van der Waals surface area contributed by atoms with Crippen molar-refractivity contribution in [3.63, 3.8) is 0 Å². The minimum atomic E-state index is 0.111. The Kier molecular flexibility index (Phi) is 3.87. The van der Waals surface area contributed by atoms with Gasteiger partial charge in [-0.15, -0.1) is 0 Å². The first-order chi connectivity index (χ1) is 9.26. The van der Waals surface area contributed by atoms with Gasteiger partial charge in [-0.3, -0.25) is 4.90 Å². The number of benzene rings is 1. The normalized spacial score (nSPS) is 27.5. The summed E-state index contributed by atoms with van der Waals surface area (Å²) in [7, 11) is 0. The predicted molar refractivity (Wildman–Crippen MR) is 77.1 cm³/mol. The standard InChI is InChI=1S/C16H24N2O/c1-14-12-19-16(13-17-14)7-9-18(10-8-16)11-15-5-3-2-4-6-15/h2-6,14,17H,7-13H2,1H3. The molecule has 0 radical (unpaired) electrons. The second kappa shape index (κ2) is 5.61. The Morgan fingerprint density at radius 1 is 1.26 bits per heavy atom. The largest absolute Gasteiger partial charge is 0.372 e. The summed E-state index contributed by atoms with van der Waals surface area (Å²) in [4.78, 5) is 2.54. The van der Waals surface area contributed by atoms with Gasteiger partial charge in [0.25, 0.3) is 0 Å². The summed E-state index contributed by atoms with van der Waals surface area (Å²) >= 11 is 0. The van der Waals surface area contributed by atoms with Crippen molar-refractivity contribution in [1.82, 2.24) is 10.2 Å². The van der Waals surface area contributed by atoms with Crippen LogP contribution in [-0.2, 0) is 11.3 Å². The molecule has 2 heterocycles. The van der Waals surface area contributed by atoms with Crippen molar-refractivity contribution in [2.45, 2.75) is 38.0 Å². The Balaban J connectivity index is 1.52. The van der Waals surface area contributed by atoms with Gasteiger partial charge in [-0.25, -0.2) is 0 Å². The van der Waals surface area contributed by atoms with Crippen molar-refractivity contribution < 1.29 is 4.74 Å². The maximum atomic E-state index is 6.13. The van der Waals surface area contributed by atoms with Gasteiger partial charge in [-0.1, -0.05) is 30.3 Å². The van der Waals surface area contributed by atoms with Crippen LogP contribution < -0.4 is 5.32 Å². The zero-order valence-electron chi connectivity index (χ0n) is 11.8. The lowest BCUT2D eigenvalue weighted by Gasteiger charge is -2.45. The van der Waals surface area contributed by atoms with Gasteiger partial charge in [-0.05, 0) is 25.3 Å². The lowest BCUT2D eigenvalue weighted by molar-refractivity contribution is -0.112. The molecule has 1 spiro atoms. The quantitative estimate of drug-likeness (QED) is 0.880. The summed E-state index contributed by atoms with van der Waals surface area (Å²) in [5.74, 6) is 0. The first kappa shape index (κ1) is 13.1. The minimum absolute atomic E-state index is 0.111. The number of hydrogen-bond acceptors (Lipinski definition) is 3. The highest BCUT2D eigenvalue weighted by atomic mass is 16.5. The van der Waals surface area contributed by atoms with E-state index < -0.39 is 0 Å². The predicted octanol–water partition coefficient (Wildman–Crippen LogP) is 2.03. The van der Waals surface area contributed by atoms with Gasteiger partial charge < -0.3 is 10.1 Å². The van der Waals surface area contributed by atoms with Crippen LogP contribution in [0.4, 0.5) is 0 Å². The van der Waals surface area contributed by atoms with Crippen LogP contribution in [0.5, 0.6) is 0 Å². The van der Waals surface area contributed by atoms with E-state index in [2.05, 4.69) is 47.5 Å². The molecule has 1 N–H and O–H groups in total. The van der Waals surface area contributed by atoms with Gasteiger partial charge >= 0.3 is 0 Å². The van der Waals surface area contributed by atoms with Crippen LogP contribution in [0.15, 0.2) is 30.3 Å². The molecule has 1 atom stereocenters. The molecule has 0 aliphatic carbocycles. The number of nitrogens with one attached hydrogen (secondary N) is 1. The van der Waals surface area contributed by atoms with Gasteiger partial charge in [0, 0.05) is 32.2 Å². The number of hydrogen-bond donors (Lipinski definition) is 1. The average Bonchev–Trinajstić information content (AvgIpc) is 2.46. The lowest BCUT2D eigenvalue weighted by atomic mass is 9.89. The molecular weight excluding hydrogens is 236 g/mol. The fourth-order valence-corrected chi connectivity index (χ4v) is 3.05. The highest BCUT2D eigenvalue weighted by Crippen LogP contribution is 2.29. The molecule has 0 amide bonds. The molecule has 2 aliphatic heterocycles. The number of piperidine rings is 1. The SMILES string of the molecule is CC1COC2(CCN(Cc3ccccc3)CC2)CN1. The van der Waals surface area contributed by atoms with Gasteiger partial charge in [0.05, 0.1) is 12.2 Å². The second-order valence-electron chi connectivity index (χ2n) is 6.04. The lowest BCUT2D eigenvalue weighted by Crippen LogP contribution is -2.57. The van der Waals surface area contributed by atoms with Gasteiger partial charge in [0.15, 0.2) is 0 Å². The molecule has 0 aromatic heterocycles. The molecule has 0 bridgehead atoms. The Morgan fingerprint density at radius 2 is 2.00 bits per heavy atom. The maximum Gasteiger partial charge on any atom is 0.0831 e. The maximum absolute atomic E-state index is 6.13. The van der Waals surface area contributed by atoms with Crippen LogP contribution in [0, 0.1) is 0 Å². The first-order valence-corrected chi connectivity index (χ1v) is 7.39. The van der Waals surface area contributed by atoms with E-state index in [1.807, 2.05) is 0 Å². The molecule has 0 saturated carbocycles. The monoisotopic (exact) mass is 260 g/mol. The molecule has 3 nitrogen and oxygen atoms in total. The molecule has 3 heteroatoms. The van der Waals surface area contributed by atoms with E-state index in [1.54, 1.807) is 0 Å². The highest BCUT2D eigenvalue weighted by molar-refractivity contribution is 5.14. The Morgan fingerprint density at radius 3 is 2.63 bits per heavy atom. The molecule has 1 aromatic rings. The molecule has 2 aliphatic rings. The van der Waals surface area contributed by atoms with Crippen LogP contribution in [0.25, 0.3) is 0 Å². The number of likely N-dealkylation sites (tertiary alicyclic amines) is 1. The zero-order chi connectivity index (χ0) is 13.1. The Hall–Kier alpha value is -0.900. The Labute approximate surface area is 115 Å². The highest BCUT2D eigenvalue weighted by Gasteiger charge is 2.38. The third kappa shape index (κ3) is 3.16. The van der Waals surface area contributed by atoms with E-state index in [9.17, 15) is 0 Å². The van der Waals surface area contributed by atoms with E-state index in [0.717, 1.165) is 45.6 Å². The topological polar surface area (TPSA) is 24.5 Å².